The van der Waals surface area contributed by atoms with Crippen LogP contribution in [0, 0.1) is 0 Å². The normalized spacial score (nSPS) is 16.2. The van der Waals surface area contributed by atoms with Gasteiger partial charge in [-0.25, -0.2) is 9.78 Å². The van der Waals surface area contributed by atoms with E-state index in [2.05, 4.69) is 31.1 Å². The van der Waals surface area contributed by atoms with Gasteiger partial charge in [-0.05, 0) is 31.4 Å². The number of hydrogen-bond acceptors (Lipinski definition) is 7. The largest absolute Gasteiger partial charge is 0.366 e. The number of fused-ring (bicyclic) bond motifs is 3. The fourth-order valence-corrected chi connectivity index (χ4v) is 4.29. The minimum atomic E-state index is -2.73. The molecule has 1 aliphatic heterocycles. The smallest absolute Gasteiger partial charge is 0.320 e. The van der Waals surface area contributed by atoms with Gasteiger partial charge in [0, 0.05) is 43.0 Å². The molecule has 5 rings (SSSR count). The number of pyridine rings is 1. The van der Waals surface area contributed by atoms with Crippen LogP contribution in [0.1, 0.15) is 39.4 Å². The van der Waals surface area contributed by atoms with Gasteiger partial charge in [0.25, 0.3) is 5.91 Å². The highest BCUT2D eigenvalue weighted by atomic mass is 16.2. The molecule has 34 heavy (non-hydrogen) atoms. The minimum Gasteiger partial charge on any atom is -0.366 e. The second kappa shape index (κ2) is 8.65. The van der Waals surface area contributed by atoms with E-state index in [9.17, 15) is 9.59 Å². The predicted octanol–water partition coefficient (Wildman–Crippen LogP) is 2.60. The third-order valence-corrected chi connectivity index (χ3v) is 6.08. The predicted molar refractivity (Wildman–Crippen MR) is 129 cm³/mol. The number of aryl methyl sites for hydroxylation is 1. The highest BCUT2D eigenvalue weighted by Gasteiger charge is 2.28. The van der Waals surface area contributed by atoms with Gasteiger partial charge in [0.2, 0.25) is 0 Å². The van der Waals surface area contributed by atoms with Crippen molar-refractivity contribution in [3.05, 3.63) is 41.7 Å². The molecule has 1 aromatic carbocycles. The van der Waals surface area contributed by atoms with Gasteiger partial charge in [0.1, 0.15) is 22.8 Å². The number of carbonyl (C=O) groups excluding carboxylic acids is 2. The number of hydrogen-bond donors (Lipinski definition) is 4. The number of nitrogens with one attached hydrogen (secondary N) is 4. The molecular weight excluding hydrogens is 434 g/mol. The molecule has 4 N–H and O–H groups in total. The van der Waals surface area contributed by atoms with Crippen molar-refractivity contribution in [3.63, 3.8) is 0 Å². The van der Waals surface area contributed by atoms with Crippen LogP contribution in [-0.4, -0.2) is 52.0 Å². The molecule has 1 saturated carbocycles. The molecule has 0 bridgehead atoms. The van der Waals surface area contributed by atoms with E-state index in [1.165, 1.54) is 11.0 Å². The topological polar surface area (TPSA) is 129 Å². The highest BCUT2D eigenvalue weighted by Crippen LogP contribution is 2.42. The van der Waals surface area contributed by atoms with Crippen LogP contribution in [0.15, 0.2) is 30.5 Å². The Morgan fingerprint density at radius 1 is 1.15 bits per heavy atom. The zero-order valence-corrected chi connectivity index (χ0v) is 18.8. The van der Waals surface area contributed by atoms with E-state index >= 15 is 0 Å². The standard InChI is InChI=1S/C23H27N9O2/c1-24-22(33)18-15(10-11-25-21(18)28-23(34)26-13-6-4-7-13)27-16-9-5-8-14-19-17(29-32(3)30-19)12-31(2)20(14)16/h5,8-11,13H,4,6-7,12H2,1-3H3,(H,24,33)(H3,25,26,27,28,34)/i1D3. The molecule has 176 valence electrons. The Bertz CT molecular complexity index is 1370. The van der Waals surface area contributed by atoms with Crippen LogP contribution in [0.2, 0.25) is 0 Å². The van der Waals surface area contributed by atoms with Crippen molar-refractivity contribution >= 4 is 34.8 Å². The minimum absolute atomic E-state index is 0.0575. The summed E-state index contributed by atoms with van der Waals surface area (Å²) in [6.45, 7) is -2.20. The van der Waals surface area contributed by atoms with Gasteiger partial charge in [0.05, 0.1) is 23.6 Å². The number of urea groups is 1. The lowest BCUT2D eigenvalue weighted by Gasteiger charge is -2.29. The molecular formula is C23H27N9O2. The zero-order valence-electron chi connectivity index (χ0n) is 21.8. The first kappa shape index (κ1) is 18.3. The van der Waals surface area contributed by atoms with Crippen LogP contribution < -0.4 is 26.2 Å². The van der Waals surface area contributed by atoms with Crippen LogP contribution in [-0.2, 0) is 13.6 Å². The molecule has 2 aliphatic rings. The van der Waals surface area contributed by atoms with Crippen molar-refractivity contribution in [3.8, 4) is 11.3 Å². The summed E-state index contributed by atoms with van der Waals surface area (Å²) in [6, 6.07) is 6.75. The van der Waals surface area contributed by atoms with Crippen LogP contribution in [0.5, 0.6) is 0 Å². The first-order chi connectivity index (χ1) is 17.6. The summed E-state index contributed by atoms with van der Waals surface area (Å²) >= 11 is 0. The third-order valence-electron chi connectivity index (χ3n) is 6.08. The van der Waals surface area contributed by atoms with Gasteiger partial charge in [0.15, 0.2) is 0 Å². The summed E-state index contributed by atoms with van der Waals surface area (Å²) in [4.78, 5) is 33.4. The first-order valence-corrected chi connectivity index (χ1v) is 11.0. The van der Waals surface area contributed by atoms with Crippen LogP contribution in [0.25, 0.3) is 11.3 Å². The van der Waals surface area contributed by atoms with E-state index in [-0.39, 0.29) is 23.1 Å². The molecule has 3 heterocycles. The van der Waals surface area contributed by atoms with E-state index in [0.29, 0.717) is 12.2 Å². The lowest BCUT2D eigenvalue weighted by Crippen LogP contribution is -2.42. The van der Waals surface area contributed by atoms with Crippen LogP contribution in [0.4, 0.5) is 27.7 Å². The second-order valence-electron chi connectivity index (χ2n) is 8.43. The Balaban J connectivity index is 1.53. The second-order valence-corrected chi connectivity index (χ2v) is 8.43. The van der Waals surface area contributed by atoms with Crippen molar-refractivity contribution in [1.29, 1.82) is 0 Å². The number of carbonyl (C=O) groups is 2. The number of rotatable bonds is 5. The van der Waals surface area contributed by atoms with Crippen molar-refractivity contribution in [2.24, 2.45) is 7.05 Å². The molecule has 3 aromatic rings. The fourth-order valence-electron chi connectivity index (χ4n) is 4.29. The van der Waals surface area contributed by atoms with Crippen molar-refractivity contribution in [2.45, 2.75) is 31.8 Å². The number of amides is 3. The molecule has 1 fully saturated rings. The molecule has 0 unspecified atom stereocenters. The molecule has 11 heteroatoms. The fraction of sp³-hybridized carbons (Fsp3) is 0.348. The number of anilines is 4. The summed E-state index contributed by atoms with van der Waals surface area (Å²) in [5.41, 5.74) is 4.16. The van der Waals surface area contributed by atoms with Crippen LogP contribution >= 0.6 is 0 Å². The Hall–Kier alpha value is -4.15. The summed E-state index contributed by atoms with van der Waals surface area (Å²) < 4.78 is 22.5. The van der Waals surface area contributed by atoms with Gasteiger partial charge >= 0.3 is 6.03 Å². The summed E-state index contributed by atoms with van der Waals surface area (Å²) in [5, 5.41) is 19.6. The van der Waals surface area contributed by atoms with E-state index in [4.69, 9.17) is 4.11 Å². The maximum Gasteiger partial charge on any atom is 0.320 e. The molecule has 1 aliphatic carbocycles. The number of para-hydroxylation sites is 1. The first-order valence-electron chi connectivity index (χ1n) is 12.5. The summed E-state index contributed by atoms with van der Waals surface area (Å²) in [5.74, 6) is -0.957. The summed E-state index contributed by atoms with van der Waals surface area (Å²) in [7, 11) is 3.69. The summed E-state index contributed by atoms with van der Waals surface area (Å²) in [6.07, 6.45) is 4.25. The van der Waals surface area contributed by atoms with Gasteiger partial charge in [-0.3, -0.25) is 10.1 Å². The highest BCUT2D eigenvalue weighted by molar-refractivity contribution is 6.07. The quantitative estimate of drug-likeness (QED) is 0.457. The SMILES string of the molecule is [2H]C([2H])([2H])NC(=O)c1c(Nc2cccc3c2N(C)Cc2nn(C)nc2-3)ccnc1NC(=O)NC1CCC1. The van der Waals surface area contributed by atoms with E-state index < -0.39 is 18.9 Å². The number of nitrogens with zero attached hydrogens (tertiary/aromatic N) is 5. The maximum atomic E-state index is 13.1. The average Bonchev–Trinajstić information content (AvgIpc) is 3.15. The van der Waals surface area contributed by atoms with Crippen LogP contribution in [0.3, 0.4) is 0 Å². The lowest BCUT2D eigenvalue weighted by atomic mass is 9.93. The molecule has 2 aromatic heterocycles. The Kier molecular flexibility index (Phi) is 4.66. The Morgan fingerprint density at radius 2 is 2.00 bits per heavy atom. The van der Waals surface area contributed by atoms with Crippen molar-refractivity contribution in [2.75, 3.05) is 29.6 Å². The van der Waals surface area contributed by atoms with Gasteiger partial charge in [-0.15, -0.1) is 0 Å². The van der Waals surface area contributed by atoms with Crippen molar-refractivity contribution in [1.82, 2.24) is 30.6 Å². The molecule has 0 radical (unpaired) electrons. The molecule has 11 nitrogen and oxygen atoms in total. The number of benzene rings is 1. The van der Waals surface area contributed by atoms with E-state index in [1.807, 2.05) is 35.5 Å². The maximum absolute atomic E-state index is 13.1. The van der Waals surface area contributed by atoms with Gasteiger partial charge < -0.3 is 20.9 Å². The van der Waals surface area contributed by atoms with Gasteiger partial charge in [-0.2, -0.15) is 15.0 Å². The number of aromatic nitrogens is 4. The van der Waals surface area contributed by atoms with Gasteiger partial charge in [-0.1, -0.05) is 12.1 Å². The van der Waals surface area contributed by atoms with E-state index in [0.717, 1.165) is 41.9 Å². The zero-order chi connectivity index (χ0) is 26.3. The third kappa shape index (κ3) is 3.89. The molecule has 0 saturated heterocycles. The van der Waals surface area contributed by atoms with Crippen molar-refractivity contribution < 1.29 is 13.7 Å². The average molecular weight is 465 g/mol. The van der Waals surface area contributed by atoms with E-state index in [1.54, 1.807) is 13.1 Å². The molecule has 3 amide bonds. The lowest BCUT2D eigenvalue weighted by molar-refractivity contribution is 0.0964. The monoisotopic (exact) mass is 464 g/mol. The molecule has 0 atom stereocenters. The molecule has 0 spiro atoms. The Morgan fingerprint density at radius 3 is 2.76 bits per heavy atom. The Labute approximate surface area is 201 Å².